The quantitative estimate of drug-likeness (QED) is 0.678. The molecular formula is C22H26N2O6. The molecule has 2 amide bonds. The van der Waals surface area contributed by atoms with Gasteiger partial charge in [-0.05, 0) is 43.3 Å². The number of amides is 2. The first-order valence-electron chi connectivity index (χ1n) is 9.71. The van der Waals surface area contributed by atoms with E-state index >= 15 is 0 Å². The topological polar surface area (TPSA) is 86.3 Å². The number of benzene rings is 2. The Morgan fingerprint density at radius 2 is 1.70 bits per heavy atom. The summed E-state index contributed by atoms with van der Waals surface area (Å²) in [7, 11) is 3.10. The molecular weight excluding hydrogens is 388 g/mol. The van der Waals surface area contributed by atoms with Crippen LogP contribution in [-0.4, -0.2) is 51.8 Å². The van der Waals surface area contributed by atoms with Gasteiger partial charge in [0.1, 0.15) is 11.5 Å². The average molecular weight is 414 g/mol. The van der Waals surface area contributed by atoms with E-state index in [-0.39, 0.29) is 30.9 Å². The van der Waals surface area contributed by atoms with Crippen molar-refractivity contribution in [3.8, 4) is 23.0 Å². The average Bonchev–Trinajstić information content (AvgIpc) is 3.12. The van der Waals surface area contributed by atoms with Crippen molar-refractivity contribution in [1.82, 2.24) is 5.32 Å². The summed E-state index contributed by atoms with van der Waals surface area (Å²) >= 11 is 0. The highest BCUT2D eigenvalue weighted by Crippen LogP contribution is 2.33. The number of rotatable bonds is 9. The largest absolute Gasteiger partial charge is 0.494 e. The number of ether oxygens (including phenoxy) is 4. The molecule has 0 spiro atoms. The van der Waals surface area contributed by atoms with Crippen molar-refractivity contribution in [3.05, 3.63) is 42.5 Å². The summed E-state index contributed by atoms with van der Waals surface area (Å²) in [6.45, 7) is 2.75. The van der Waals surface area contributed by atoms with Crippen molar-refractivity contribution < 1.29 is 28.5 Å². The van der Waals surface area contributed by atoms with Gasteiger partial charge in [-0.2, -0.15) is 0 Å². The van der Waals surface area contributed by atoms with Gasteiger partial charge in [-0.1, -0.05) is 0 Å². The molecule has 160 valence electrons. The van der Waals surface area contributed by atoms with Gasteiger partial charge in [0.2, 0.25) is 5.91 Å². The SMILES string of the molecule is CCOc1ccc(OCC(=O)N[C@H]2CC(=O)N(c3ccc(OC)c(OC)c3)C2)cc1. The molecule has 1 aliphatic heterocycles. The van der Waals surface area contributed by atoms with E-state index in [0.717, 1.165) is 5.75 Å². The van der Waals surface area contributed by atoms with E-state index in [1.54, 1.807) is 61.6 Å². The Morgan fingerprint density at radius 1 is 1.03 bits per heavy atom. The number of methoxy groups -OCH3 is 2. The molecule has 1 saturated heterocycles. The lowest BCUT2D eigenvalue weighted by atomic mass is 10.2. The molecule has 0 aliphatic carbocycles. The first-order chi connectivity index (χ1) is 14.5. The molecule has 0 unspecified atom stereocenters. The van der Waals surface area contributed by atoms with Crippen LogP contribution in [0.3, 0.4) is 0 Å². The van der Waals surface area contributed by atoms with Crippen LogP contribution < -0.4 is 29.2 Å². The highest BCUT2D eigenvalue weighted by atomic mass is 16.5. The van der Waals surface area contributed by atoms with Crippen molar-refractivity contribution in [2.45, 2.75) is 19.4 Å². The number of hydrogen-bond donors (Lipinski definition) is 1. The van der Waals surface area contributed by atoms with E-state index < -0.39 is 0 Å². The van der Waals surface area contributed by atoms with Crippen LogP contribution in [0.4, 0.5) is 5.69 Å². The zero-order valence-corrected chi connectivity index (χ0v) is 17.3. The van der Waals surface area contributed by atoms with Crippen LogP contribution in [0.15, 0.2) is 42.5 Å². The van der Waals surface area contributed by atoms with Gasteiger partial charge in [-0.25, -0.2) is 0 Å². The van der Waals surface area contributed by atoms with Crippen LogP contribution in [0.1, 0.15) is 13.3 Å². The molecule has 1 aliphatic rings. The van der Waals surface area contributed by atoms with E-state index in [0.29, 0.717) is 36.1 Å². The van der Waals surface area contributed by atoms with E-state index in [2.05, 4.69) is 5.32 Å². The molecule has 8 heteroatoms. The number of carbonyl (C=O) groups is 2. The monoisotopic (exact) mass is 414 g/mol. The minimum absolute atomic E-state index is 0.0695. The first-order valence-corrected chi connectivity index (χ1v) is 9.71. The Morgan fingerprint density at radius 3 is 2.33 bits per heavy atom. The summed E-state index contributed by atoms with van der Waals surface area (Å²) in [5.74, 6) is 2.09. The number of anilines is 1. The summed E-state index contributed by atoms with van der Waals surface area (Å²) < 4.78 is 21.4. The maximum atomic E-state index is 12.4. The predicted molar refractivity (Wildman–Crippen MR) is 112 cm³/mol. The fourth-order valence-electron chi connectivity index (χ4n) is 3.26. The smallest absolute Gasteiger partial charge is 0.258 e. The summed E-state index contributed by atoms with van der Waals surface area (Å²) in [6.07, 6.45) is 0.225. The molecule has 30 heavy (non-hydrogen) atoms. The second kappa shape index (κ2) is 9.87. The highest BCUT2D eigenvalue weighted by Gasteiger charge is 2.32. The molecule has 2 aromatic carbocycles. The van der Waals surface area contributed by atoms with E-state index in [4.69, 9.17) is 18.9 Å². The zero-order chi connectivity index (χ0) is 21.5. The lowest BCUT2D eigenvalue weighted by Gasteiger charge is -2.19. The third kappa shape index (κ3) is 5.14. The van der Waals surface area contributed by atoms with Crippen LogP contribution in [0.25, 0.3) is 0 Å². The van der Waals surface area contributed by atoms with Gasteiger partial charge in [0, 0.05) is 24.7 Å². The predicted octanol–water partition coefficient (Wildman–Crippen LogP) is 2.40. The molecule has 1 atom stereocenters. The third-order valence-electron chi connectivity index (χ3n) is 4.67. The second-order valence-corrected chi connectivity index (χ2v) is 6.71. The minimum Gasteiger partial charge on any atom is -0.494 e. The van der Waals surface area contributed by atoms with Crippen molar-refractivity contribution in [2.75, 3.05) is 38.9 Å². The Labute approximate surface area is 175 Å². The molecule has 3 rings (SSSR count). The third-order valence-corrected chi connectivity index (χ3v) is 4.67. The molecule has 1 N–H and O–H groups in total. The highest BCUT2D eigenvalue weighted by molar-refractivity contribution is 5.97. The molecule has 0 aromatic heterocycles. The molecule has 0 bridgehead atoms. The molecule has 0 saturated carbocycles. The first kappa shape index (κ1) is 21.3. The summed E-state index contributed by atoms with van der Waals surface area (Å²) in [4.78, 5) is 26.3. The Balaban J connectivity index is 1.53. The summed E-state index contributed by atoms with van der Waals surface area (Å²) in [6, 6.07) is 12.1. The molecule has 1 heterocycles. The number of nitrogens with one attached hydrogen (secondary N) is 1. The van der Waals surface area contributed by atoms with Gasteiger partial charge in [0.25, 0.3) is 5.91 Å². The lowest BCUT2D eigenvalue weighted by molar-refractivity contribution is -0.123. The fraction of sp³-hybridized carbons (Fsp3) is 0.364. The van der Waals surface area contributed by atoms with Gasteiger partial charge < -0.3 is 29.2 Å². The molecule has 8 nitrogen and oxygen atoms in total. The Bertz CT molecular complexity index is 884. The van der Waals surface area contributed by atoms with Gasteiger partial charge in [-0.15, -0.1) is 0 Å². The maximum Gasteiger partial charge on any atom is 0.258 e. The molecule has 2 aromatic rings. The normalized spacial score (nSPS) is 15.6. The van der Waals surface area contributed by atoms with Crippen molar-refractivity contribution >= 4 is 17.5 Å². The Kier molecular flexibility index (Phi) is 7.00. The zero-order valence-electron chi connectivity index (χ0n) is 17.3. The Hall–Kier alpha value is -3.42. The second-order valence-electron chi connectivity index (χ2n) is 6.71. The number of carbonyl (C=O) groups excluding carboxylic acids is 2. The van der Waals surface area contributed by atoms with E-state index in [1.165, 1.54) is 0 Å². The van der Waals surface area contributed by atoms with Crippen molar-refractivity contribution in [3.63, 3.8) is 0 Å². The van der Waals surface area contributed by atoms with Crippen LogP contribution >= 0.6 is 0 Å². The van der Waals surface area contributed by atoms with Crippen LogP contribution in [0.2, 0.25) is 0 Å². The molecule has 0 radical (unpaired) electrons. The van der Waals surface area contributed by atoms with Gasteiger partial charge in [0.05, 0.1) is 26.9 Å². The van der Waals surface area contributed by atoms with Gasteiger partial charge in [0.15, 0.2) is 18.1 Å². The van der Waals surface area contributed by atoms with Gasteiger partial charge in [-0.3, -0.25) is 9.59 Å². The molecule has 1 fully saturated rings. The van der Waals surface area contributed by atoms with Crippen LogP contribution in [0.5, 0.6) is 23.0 Å². The van der Waals surface area contributed by atoms with Crippen molar-refractivity contribution in [2.24, 2.45) is 0 Å². The lowest BCUT2D eigenvalue weighted by Crippen LogP contribution is -2.39. The van der Waals surface area contributed by atoms with Crippen LogP contribution in [0, 0.1) is 0 Å². The van der Waals surface area contributed by atoms with Gasteiger partial charge >= 0.3 is 0 Å². The van der Waals surface area contributed by atoms with E-state index in [1.807, 2.05) is 6.92 Å². The summed E-state index contributed by atoms with van der Waals surface area (Å²) in [5.41, 5.74) is 0.694. The number of hydrogen-bond acceptors (Lipinski definition) is 6. The van der Waals surface area contributed by atoms with E-state index in [9.17, 15) is 9.59 Å². The maximum absolute atomic E-state index is 12.4. The minimum atomic E-state index is -0.290. The van der Waals surface area contributed by atoms with Crippen molar-refractivity contribution in [1.29, 1.82) is 0 Å². The number of nitrogens with zero attached hydrogens (tertiary/aromatic N) is 1. The fourth-order valence-corrected chi connectivity index (χ4v) is 3.26. The van der Waals surface area contributed by atoms with Crippen LogP contribution in [-0.2, 0) is 9.59 Å². The summed E-state index contributed by atoms with van der Waals surface area (Å²) in [5, 5.41) is 2.86. The standard InChI is InChI=1S/C22H26N2O6/c1-4-29-17-6-8-18(9-7-17)30-14-21(25)23-15-11-22(26)24(13-15)16-5-10-19(27-2)20(12-16)28-3/h5-10,12,15H,4,11,13-14H2,1-3H3,(H,23,25)/t15-/m0/s1.